The van der Waals surface area contributed by atoms with Crippen LogP contribution in [0.1, 0.15) is 117 Å². The number of primary amides is 1. The van der Waals surface area contributed by atoms with Crippen LogP contribution in [0, 0.1) is 11.8 Å². The second-order valence-electron chi connectivity index (χ2n) is 26.0. The number of nitrogens with zero attached hydrogens (tertiary/aromatic N) is 4. The molecule has 7 amide bonds. The van der Waals surface area contributed by atoms with E-state index in [9.17, 15) is 73.5 Å². The maximum Gasteiger partial charge on any atom is 0.317 e. The van der Waals surface area contributed by atoms with E-state index in [1.54, 1.807) is 40.3 Å². The van der Waals surface area contributed by atoms with Gasteiger partial charge in [0.1, 0.15) is 30.1 Å². The highest BCUT2D eigenvalue weighted by molar-refractivity contribution is 7.98. The number of carbonyl (C=O) groups excluding carboxylic acids is 7. The monoisotopic (exact) mass is 1440 g/mol. The minimum Gasteiger partial charge on any atom is -0.480 e. The summed E-state index contributed by atoms with van der Waals surface area (Å²) in [5.41, 5.74) is 6.42. The van der Waals surface area contributed by atoms with Gasteiger partial charge in [0, 0.05) is 127 Å². The van der Waals surface area contributed by atoms with Crippen LogP contribution in [0.2, 0.25) is 0 Å². The van der Waals surface area contributed by atoms with Crippen LogP contribution in [0.5, 0.6) is 0 Å². The lowest BCUT2D eigenvalue weighted by molar-refractivity contribution is -0.140. The summed E-state index contributed by atoms with van der Waals surface area (Å²) in [4.78, 5) is 134. The molecule has 3 rings (SSSR count). The highest BCUT2D eigenvalue weighted by Crippen LogP contribution is 2.21. The predicted octanol–water partition coefficient (Wildman–Crippen LogP) is -0.844. The number of carbonyl (C=O) groups is 10. The van der Waals surface area contributed by atoms with Crippen LogP contribution in [0.25, 0.3) is 0 Å². The fourth-order valence-corrected chi connectivity index (χ4v) is 12.6. The van der Waals surface area contributed by atoms with Gasteiger partial charge in [-0.1, -0.05) is 58.4 Å². The Morgan fingerprint density at radius 2 is 1.22 bits per heavy atom. The largest absolute Gasteiger partial charge is 0.480 e. The van der Waals surface area contributed by atoms with E-state index in [2.05, 4.69) is 48.6 Å². The lowest BCUT2D eigenvalue weighted by Gasteiger charge is -2.34. The van der Waals surface area contributed by atoms with Gasteiger partial charge in [-0.2, -0.15) is 23.5 Å². The van der Waals surface area contributed by atoms with E-state index in [4.69, 9.17) is 19.9 Å². The molecule has 564 valence electrons. The van der Waals surface area contributed by atoms with E-state index in [1.807, 2.05) is 50.8 Å². The third-order valence-corrected chi connectivity index (χ3v) is 18.7. The van der Waals surface area contributed by atoms with Gasteiger partial charge >= 0.3 is 17.9 Å². The van der Waals surface area contributed by atoms with Crippen LogP contribution in [0.3, 0.4) is 0 Å². The normalized spacial score (nSPS) is 20.8. The molecule has 2 unspecified atom stereocenters. The number of amides is 7. The summed E-state index contributed by atoms with van der Waals surface area (Å²) in [5.74, 6) is -4.45. The van der Waals surface area contributed by atoms with Crippen LogP contribution in [0.15, 0.2) is 24.3 Å². The van der Waals surface area contributed by atoms with Gasteiger partial charge in [-0.05, 0) is 81.9 Å². The molecule has 2 bridgehead atoms. The van der Waals surface area contributed by atoms with Crippen LogP contribution in [0.4, 0.5) is 0 Å². The van der Waals surface area contributed by atoms with Crippen molar-refractivity contribution in [1.82, 2.24) is 62.1 Å². The first-order valence-corrected chi connectivity index (χ1v) is 36.9. The highest BCUT2D eigenvalue weighted by atomic mass is 32.2. The van der Waals surface area contributed by atoms with E-state index >= 15 is 0 Å². The maximum atomic E-state index is 14.0. The third-order valence-electron chi connectivity index (χ3n) is 16.5. The second kappa shape index (κ2) is 49.7. The van der Waals surface area contributed by atoms with Crippen LogP contribution < -0.4 is 48.3 Å². The van der Waals surface area contributed by atoms with Gasteiger partial charge in [0.2, 0.25) is 41.4 Å². The van der Waals surface area contributed by atoms with E-state index in [-0.39, 0.29) is 108 Å². The predicted molar refractivity (Wildman–Crippen MR) is 376 cm³/mol. The first-order chi connectivity index (χ1) is 47.1. The second-order valence-corrected chi connectivity index (χ2v) is 28.2. The summed E-state index contributed by atoms with van der Waals surface area (Å²) in [6.45, 7) is 15.5. The van der Waals surface area contributed by atoms with Crippen LogP contribution in [-0.4, -0.2) is 296 Å². The Labute approximate surface area is 591 Å². The Bertz CT molecular complexity index is 2590. The van der Waals surface area contributed by atoms with Gasteiger partial charge in [-0.3, -0.25) is 78.2 Å². The minimum absolute atomic E-state index is 0.0150. The first-order valence-electron chi connectivity index (χ1n) is 34.6. The molecule has 15 N–H and O–H groups in total. The zero-order valence-electron chi connectivity index (χ0n) is 58.9. The van der Waals surface area contributed by atoms with Gasteiger partial charge in [-0.25, -0.2) is 0 Å². The first kappa shape index (κ1) is 87.4. The molecule has 33 heteroatoms. The number of fused-ring (bicyclic) bond motifs is 2. The van der Waals surface area contributed by atoms with Gasteiger partial charge < -0.3 is 77.4 Å². The summed E-state index contributed by atoms with van der Waals surface area (Å²) in [7, 11) is 0. The number of carboxylic acids is 3. The van der Waals surface area contributed by atoms with Crippen molar-refractivity contribution in [1.29, 1.82) is 0 Å². The van der Waals surface area contributed by atoms with Crippen molar-refractivity contribution in [2.24, 2.45) is 17.6 Å². The Morgan fingerprint density at radius 1 is 0.697 bits per heavy atom. The average molecular weight is 1440 g/mol. The molecular formula is C66H115N13O18S2. The van der Waals surface area contributed by atoms with Gasteiger partial charge in [0.15, 0.2) is 0 Å². The molecule has 0 aliphatic carbocycles. The van der Waals surface area contributed by atoms with E-state index < -0.39 is 83.7 Å². The summed E-state index contributed by atoms with van der Waals surface area (Å²) < 4.78 is 17.0. The number of rotatable bonds is 38. The van der Waals surface area contributed by atoms with E-state index in [0.29, 0.717) is 147 Å². The molecule has 7 atom stereocenters. The summed E-state index contributed by atoms with van der Waals surface area (Å²) in [6, 6.07) is 4.50. The number of thioether (sulfide) groups is 2. The third kappa shape index (κ3) is 39.8. The number of β-amino-alcohol motifs (C(OH)–C–C–N with tert-alkyl or cyclic N) is 1. The van der Waals surface area contributed by atoms with Gasteiger partial charge in [0.25, 0.3) is 0 Å². The quantitative estimate of drug-likeness (QED) is 0.0283. The maximum absolute atomic E-state index is 14.0. The van der Waals surface area contributed by atoms with Gasteiger partial charge in [0.05, 0.1) is 58.1 Å². The van der Waals surface area contributed by atoms with Crippen molar-refractivity contribution >= 4 is 82.8 Å². The topological polar surface area (TPSA) is 435 Å². The molecule has 2 aliphatic rings. The number of nitrogens with one attached hydrogen (secondary N) is 8. The van der Waals surface area contributed by atoms with Crippen molar-refractivity contribution in [3.63, 3.8) is 0 Å². The van der Waals surface area contributed by atoms with Crippen molar-refractivity contribution in [2.45, 2.75) is 159 Å². The Morgan fingerprint density at radius 3 is 1.76 bits per heavy atom. The smallest absolute Gasteiger partial charge is 0.317 e. The molecule has 2 aliphatic heterocycles. The number of unbranched alkanes of at least 4 members (excludes halogenated alkanes) is 1. The van der Waals surface area contributed by atoms with Crippen molar-refractivity contribution in [2.75, 3.05) is 149 Å². The fraction of sp³-hybridized carbons (Fsp3) is 0.758. The zero-order chi connectivity index (χ0) is 73.1. The lowest BCUT2D eigenvalue weighted by atomic mass is 9.95. The fourth-order valence-electron chi connectivity index (χ4n) is 10.7. The molecule has 31 nitrogen and oxygen atoms in total. The molecular weight excluding hydrogens is 1330 g/mol. The SMILES string of the molecule is CC[C@H](C)[C@@H]1NC(=O)[C@H](CC(C)C)NC(=O)C(C)(C)NC(=O)CCSCc2cccc(c2)CSC[C@@H](C(=O)NCCCOCCOCCOCCCNC(=O)CCC(=O)N[C@@H](CCCCNC(O)CN2CCN(CC(=O)O)CCN(CC(=O)O)CCN(CC(=O)O)CC2)C(N)=O)NC1O. The van der Waals surface area contributed by atoms with Gasteiger partial charge in [-0.15, -0.1) is 0 Å². The minimum atomic E-state index is -1.34. The van der Waals surface area contributed by atoms with Crippen molar-refractivity contribution in [3.05, 3.63) is 35.4 Å². The Balaban J connectivity index is 1.33. The van der Waals surface area contributed by atoms with Crippen molar-refractivity contribution in [3.8, 4) is 0 Å². The average Bonchev–Trinajstić information content (AvgIpc) is 0.854. The van der Waals surface area contributed by atoms with E-state index in [1.165, 1.54) is 11.8 Å². The molecule has 99 heavy (non-hydrogen) atoms. The number of ether oxygens (including phenoxy) is 3. The number of nitrogens with two attached hydrogens (primary N) is 1. The number of benzene rings is 1. The highest BCUT2D eigenvalue weighted by Gasteiger charge is 2.36. The molecule has 0 spiro atoms. The number of carboxylic acid groups (broad SMARTS) is 3. The van der Waals surface area contributed by atoms with Crippen molar-refractivity contribution < 1.29 is 87.7 Å². The van der Waals surface area contributed by atoms with Crippen LogP contribution >= 0.6 is 23.5 Å². The van der Waals surface area contributed by atoms with E-state index in [0.717, 1.165) is 11.1 Å². The number of hydrogen-bond acceptors (Lipinski definition) is 23. The number of aliphatic hydroxyl groups is 2. The molecule has 1 aromatic carbocycles. The molecule has 0 saturated carbocycles. The molecule has 0 radical (unpaired) electrons. The zero-order valence-corrected chi connectivity index (χ0v) is 60.5. The Hall–Kier alpha value is -5.82. The molecule has 1 aromatic rings. The summed E-state index contributed by atoms with van der Waals surface area (Å²) >= 11 is 3.14. The summed E-state index contributed by atoms with van der Waals surface area (Å²) in [5, 5.41) is 74.3. The lowest BCUT2D eigenvalue weighted by Crippen LogP contribution is -2.63. The summed E-state index contributed by atoms with van der Waals surface area (Å²) in [6.07, 6.45) is 0.650. The molecule has 1 fully saturated rings. The Kier molecular flexibility index (Phi) is 43.9. The molecule has 1 saturated heterocycles. The number of aliphatic hydroxyl groups excluding tert-OH is 2. The van der Waals surface area contributed by atoms with Crippen LogP contribution in [-0.2, 0) is 73.7 Å². The molecule has 2 heterocycles. The number of aliphatic carboxylic acids is 3. The standard InChI is InChI=1S/C66H115N13O18S2/c1-7-47(4)60-64(93)72-52(45-99-44-49-14-10-13-48(38-49)43-98-36-18-55(82)75-66(5,6)65(94)73-51(37-46(2)3)63(92)74-60)62(91)70-21-12-31-96-33-35-97-34-32-95-30-11-20-68-53(80)16-17-54(81)71-50(61(67)90)15-8-9-19-69-56(83)39-76-22-24-77(40-57(84)85)26-28-79(42-59(88)89)29-27-78(25-23-76)41-58(86)87/h10,13-14,38,46-47,50-52,56,60,64,69,72,83,93H,7-9,11-12,15-37,39-45H2,1-6H3,(H2,67,90)(H,68,80)(H,70,91)(H,71,81)(H,73,94)(H,74,92)(H,75,82)(H,84,85)(H,86,87)(H,88,89)/t47-,50-,51-,52-,56?,60-,64?/m0/s1. The molecule has 0 aromatic heterocycles. The number of hydrogen-bond donors (Lipinski definition) is 14.